The van der Waals surface area contributed by atoms with E-state index in [0.29, 0.717) is 12.1 Å². The predicted octanol–water partition coefficient (Wildman–Crippen LogP) is 0.827. The highest BCUT2D eigenvalue weighted by molar-refractivity contribution is 7.84. The molecule has 0 aliphatic carbocycles. The molecule has 0 radical (unpaired) electrons. The van der Waals surface area contributed by atoms with Crippen LogP contribution in [0.25, 0.3) is 0 Å². The molecule has 1 N–H and O–H groups in total. The highest BCUT2D eigenvalue weighted by Gasteiger charge is 2.19. The van der Waals surface area contributed by atoms with Crippen molar-refractivity contribution in [1.82, 2.24) is 10.2 Å². The van der Waals surface area contributed by atoms with Crippen molar-refractivity contribution in [2.75, 3.05) is 31.6 Å². The highest BCUT2D eigenvalue weighted by atomic mass is 32.2. The zero-order valence-electron chi connectivity index (χ0n) is 10.2. The van der Waals surface area contributed by atoms with Crippen molar-refractivity contribution >= 4 is 10.8 Å². The first-order valence-corrected chi connectivity index (χ1v) is 7.59. The third kappa shape index (κ3) is 5.09. The van der Waals surface area contributed by atoms with Crippen LogP contribution in [0.2, 0.25) is 0 Å². The molecule has 15 heavy (non-hydrogen) atoms. The summed E-state index contributed by atoms with van der Waals surface area (Å²) in [5, 5.41) is 3.49. The van der Waals surface area contributed by atoms with Gasteiger partial charge in [-0.2, -0.15) is 0 Å². The fourth-order valence-electron chi connectivity index (χ4n) is 2.03. The molecule has 0 aromatic rings. The molecule has 1 fully saturated rings. The first-order chi connectivity index (χ1) is 7.09. The van der Waals surface area contributed by atoms with E-state index in [9.17, 15) is 4.21 Å². The molecule has 1 aliphatic rings. The van der Waals surface area contributed by atoms with Gasteiger partial charge in [0.1, 0.15) is 0 Å². The van der Waals surface area contributed by atoms with E-state index in [-0.39, 0.29) is 0 Å². The minimum Gasteiger partial charge on any atom is -0.313 e. The van der Waals surface area contributed by atoms with Crippen molar-refractivity contribution in [3.05, 3.63) is 0 Å². The van der Waals surface area contributed by atoms with E-state index >= 15 is 0 Å². The molecule has 4 heteroatoms. The lowest BCUT2D eigenvalue weighted by Gasteiger charge is -2.34. The number of nitrogens with one attached hydrogen (secondary N) is 1. The average Bonchev–Trinajstić information content (AvgIpc) is 2.18. The van der Waals surface area contributed by atoms with E-state index in [1.807, 2.05) is 0 Å². The van der Waals surface area contributed by atoms with Gasteiger partial charge in [0.15, 0.2) is 0 Å². The van der Waals surface area contributed by atoms with Gasteiger partial charge in [-0.25, -0.2) is 0 Å². The second kappa shape index (κ2) is 6.61. The van der Waals surface area contributed by atoms with E-state index < -0.39 is 10.8 Å². The van der Waals surface area contributed by atoms with Crippen LogP contribution in [0, 0.1) is 0 Å². The topological polar surface area (TPSA) is 32.3 Å². The molecule has 1 heterocycles. The van der Waals surface area contributed by atoms with E-state index in [1.54, 1.807) is 6.26 Å². The Labute approximate surface area is 96.1 Å². The quantitative estimate of drug-likeness (QED) is 0.762. The largest absolute Gasteiger partial charge is 0.313 e. The number of nitrogens with zero attached hydrogens (tertiary/aromatic N) is 1. The molecule has 0 spiro atoms. The van der Waals surface area contributed by atoms with Crippen molar-refractivity contribution in [1.29, 1.82) is 0 Å². The molecule has 1 atom stereocenters. The average molecular weight is 232 g/mol. The van der Waals surface area contributed by atoms with Crippen molar-refractivity contribution in [3.63, 3.8) is 0 Å². The van der Waals surface area contributed by atoms with Crippen molar-refractivity contribution in [3.8, 4) is 0 Å². The zero-order chi connectivity index (χ0) is 11.3. The molecular formula is C11H24N2OS. The summed E-state index contributed by atoms with van der Waals surface area (Å²) in [6.45, 7) is 7.81. The Morgan fingerprint density at radius 2 is 2.00 bits per heavy atom. The summed E-state index contributed by atoms with van der Waals surface area (Å²) >= 11 is 0. The van der Waals surface area contributed by atoms with Crippen LogP contribution in [-0.4, -0.2) is 52.8 Å². The Kier molecular flexibility index (Phi) is 5.79. The van der Waals surface area contributed by atoms with Gasteiger partial charge < -0.3 is 10.2 Å². The zero-order valence-corrected chi connectivity index (χ0v) is 11.0. The van der Waals surface area contributed by atoms with Gasteiger partial charge in [-0.3, -0.25) is 4.21 Å². The predicted molar refractivity (Wildman–Crippen MR) is 66.7 cm³/mol. The summed E-state index contributed by atoms with van der Waals surface area (Å²) in [7, 11) is -0.657. The van der Waals surface area contributed by atoms with E-state index in [4.69, 9.17) is 0 Å². The van der Waals surface area contributed by atoms with Gasteiger partial charge in [-0.1, -0.05) is 0 Å². The molecule has 1 unspecified atom stereocenters. The number of hydrogen-bond acceptors (Lipinski definition) is 3. The maximum Gasteiger partial charge on any atom is 0.0357 e. The van der Waals surface area contributed by atoms with Gasteiger partial charge in [0.2, 0.25) is 0 Å². The van der Waals surface area contributed by atoms with E-state index in [0.717, 1.165) is 12.3 Å². The first-order valence-electron chi connectivity index (χ1n) is 5.87. The van der Waals surface area contributed by atoms with Crippen LogP contribution in [0.5, 0.6) is 0 Å². The summed E-state index contributed by atoms with van der Waals surface area (Å²) < 4.78 is 10.9. The molecule has 3 nitrogen and oxygen atoms in total. The molecular weight excluding hydrogens is 208 g/mol. The number of rotatable bonds is 5. The summed E-state index contributed by atoms with van der Waals surface area (Å²) in [6.07, 6.45) is 4.23. The molecule has 1 aliphatic heterocycles. The molecule has 1 saturated heterocycles. The number of piperidine rings is 1. The van der Waals surface area contributed by atoms with E-state index in [2.05, 4.69) is 24.1 Å². The lowest BCUT2D eigenvalue weighted by Crippen LogP contribution is -2.45. The van der Waals surface area contributed by atoms with Gasteiger partial charge in [-0.05, 0) is 39.8 Å². The third-order valence-electron chi connectivity index (χ3n) is 3.08. The number of hydrogen-bond donors (Lipinski definition) is 1. The Morgan fingerprint density at radius 3 is 2.47 bits per heavy atom. The van der Waals surface area contributed by atoms with Crippen molar-refractivity contribution in [2.24, 2.45) is 0 Å². The smallest absolute Gasteiger partial charge is 0.0357 e. The summed E-state index contributed by atoms with van der Waals surface area (Å²) in [6, 6.07) is 1.32. The SMILES string of the molecule is CC(C)N1CCC(NCCS(C)=O)CC1. The Morgan fingerprint density at radius 1 is 1.40 bits per heavy atom. The summed E-state index contributed by atoms with van der Waals surface area (Å²) in [5.74, 6) is 0.782. The standard InChI is InChI=1S/C11H24N2OS/c1-10(2)13-7-4-11(5-8-13)12-6-9-15(3)14/h10-12H,4-9H2,1-3H3. The lowest BCUT2D eigenvalue weighted by atomic mass is 10.0. The van der Waals surface area contributed by atoms with Gasteiger partial charge in [-0.15, -0.1) is 0 Å². The van der Waals surface area contributed by atoms with E-state index in [1.165, 1.54) is 25.9 Å². The normalized spacial score (nSPS) is 22.1. The summed E-state index contributed by atoms with van der Waals surface area (Å²) in [5.41, 5.74) is 0. The van der Waals surface area contributed by atoms with Crippen LogP contribution >= 0.6 is 0 Å². The molecule has 0 amide bonds. The Hall–Kier alpha value is 0.0700. The molecule has 0 aromatic heterocycles. The molecule has 0 bridgehead atoms. The monoisotopic (exact) mass is 232 g/mol. The van der Waals surface area contributed by atoms with Crippen molar-refractivity contribution < 1.29 is 4.21 Å². The molecule has 1 rings (SSSR count). The van der Waals surface area contributed by atoms with Crippen LogP contribution in [-0.2, 0) is 10.8 Å². The molecule has 0 saturated carbocycles. The summed E-state index contributed by atoms with van der Waals surface area (Å²) in [4.78, 5) is 2.52. The number of likely N-dealkylation sites (tertiary alicyclic amines) is 1. The van der Waals surface area contributed by atoms with Gasteiger partial charge in [0, 0.05) is 41.4 Å². The van der Waals surface area contributed by atoms with Crippen LogP contribution in [0.15, 0.2) is 0 Å². The fourth-order valence-corrected chi connectivity index (χ4v) is 2.43. The lowest BCUT2D eigenvalue weighted by molar-refractivity contribution is 0.162. The maximum atomic E-state index is 10.9. The van der Waals surface area contributed by atoms with Crippen molar-refractivity contribution in [2.45, 2.75) is 38.8 Å². The Bertz CT molecular complexity index is 201. The van der Waals surface area contributed by atoms with Gasteiger partial charge in [0.25, 0.3) is 0 Å². The second-order valence-electron chi connectivity index (χ2n) is 4.64. The minimum absolute atomic E-state index is 0.642. The first kappa shape index (κ1) is 13.1. The molecule has 0 aromatic carbocycles. The van der Waals surface area contributed by atoms with Gasteiger partial charge in [0.05, 0.1) is 0 Å². The van der Waals surface area contributed by atoms with Gasteiger partial charge >= 0.3 is 0 Å². The third-order valence-corrected chi connectivity index (χ3v) is 3.86. The highest BCUT2D eigenvalue weighted by Crippen LogP contribution is 2.12. The van der Waals surface area contributed by atoms with Crippen LogP contribution in [0.1, 0.15) is 26.7 Å². The Balaban J connectivity index is 2.12. The maximum absolute atomic E-state index is 10.9. The fraction of sp³-hybridized carbons (Fsp3) is 1.00. The second-order valence-corrected chi connectivity index (χ2v) is 6.19. The van der Waals surface area contributed by atoms with Crippen LogP contribution in [0.3, 0.4) is 0 Å². The van der Waals surface area contributed by atoms with Crippen LogP contribution in [0.4, 0.5) is 0 Å². The van der Waals surface area contributed by atoms with Crippen LogP contribution < -0.4 is 5.32 Å². The molecule has 90 valence electrons. The minimum atomic E-state index is -0.657.